The van der Waals surface area contributed by atoms with Gasteiger partial charge < -0.3 is 10.4 Å². The second kappa shape index (κ2) is 4.00. The number of hydrogen-bond acceptors (Lipinski definition) is 2. The number of carbonyl (C=O) groups is 1. The van der Waals surface area contributed by atoms with Crippen molar-refractivity contribution in [3.63, 3.8) is 0 Å². The second-order valence-electron chi connectivity index (χ2n) is 9.41. The lowest BCUT2D eigenvalue weighted by molar-refractivity contribution is -0.171. The van der Waals surface area contributed by atoms with Crippen LogP contribution in [0.15, 0.2) is 0 Å². The highest BCUT2D eigenvalue weighted by molar-refractivity contribution is 5.84. The lowest BCUT2D eigenvalue weighted by Gasteiger charge is -2.64. The van der Waals surface area contributed by atoms with Crippen molar-refractivity contribution in [2.45, 2.75) is 71.8 Å². The van der Waals surface area contributed by atoms with E-state index in [9.17, 15) is 9.90 Å². The van der Waals surface area contributed by atoms with Crippen molar-refractivity contribution in [1.82, 2.24) is 5.32 Å². The van der Waals surface area contributed by atoms with Gasteiger partial charge in [0.15, 0.2) is 0 Å². The maximum atomic E-state index is 12.9. The van der Waals surface area contributed by atoms with Crippen LogP contribution in [0.3, 0.4) is 0 Å². The van der Waals surface area contributed by atoms with Gasteiger partial charge in [0.05, 0.1) is 17.6 Å². The third-order valence-electron chi connectivity index (χ3n) is 5.96. The van der Waals surface area contributed by atoms with Crippen molar-refractivity contribution in [2.75, 3.05) is 6.61 Å². The molecule has 0 aromatic carbocycles. The average Bonchev–Trinajstić information content (AvgIpc) is 2.23. The number of aliphatic hydroxyl groups excluding tert-OH is 1. The summed E-state index contributed by atoms with van der Waals surface area (Å²) in [7, 11) is 0. The van der Waals surface area contributed by atoms with Crippen LogP contribution in [0.5, 0.6) is 0 Å². The molecule has 0 spiro atoms. The summed E-state index contributed by atoms with van der Waals surface area (Å²) in [6, 6.07) is 0. The van der Waals surface area contributed by atoms with E-state index < -0.39 is 5.54 Å². The third kappa shape index (κ3) is 2.18. The zero-order valence-electron chi connectivity index (χ0n) is 13.4. The Labute approximate surface area is 122 Å². The Balaban J connectivity index is 1.87. The molecular weight excluding hydrogens is 250 g/mol. The molecule has 0 aromatic heterocycles. The number of hydrogen-bond donors (Lipinski definition) is 2. The van der Waals surface area contributed by atoms with Crippen LogP contribution in [-0.4, -0.2) is 23.2 Å². The quantitative estimate of drug-likeness (QED) is 0.834. The van der Waals surface area contributed by atoms with Crippen molar-refractivity contribution in [1.29, 1.82) is 0 Å². The minimum Gasteiger partial charge on any atom is -0.394 e. The molecule has 20 heavy (non-hydrogen) atoms. The van der Waals surface area contributed by atoms with Crippen LogP contribution >= 0.6 is 0 Å². The molecule has 2 N–H and O–H groups in total. The minimum absolute atomic E-state index is 0.00716. The molecule has 0 saturated heterocycles. The fraction of sp³-hybridized carbons (Fsp3) is 0.941. The van der Waals surface area contributed by atoms with Crippen molar-refractivity contribution in [3.05, 3.63) is 0 Å². The summed E-state index contributed by atoms with van der Waals surface area (Å²) in [5.41, 5.74) is 0.0291. The molecule has 1 amide bonds. The number of carbonyl (C=O) groups excluding carboxylic acids is 1. The van der Waals surface area contributed by atoms with E-state index in [-0.39, 0.29) is 17.9 Å². The number of nitrogens with one attached hydrogen (secondary N) is 1. The molecule has 4 rings (SSSR count). The van der Waals surface area contributed by atoms with E-state index in [1.165, 1.54) is 19.3 Å². The van der Waals surface area contributed by atoms with Gasteiger partial charge >= 0.3 is 0 Å². The normalized spacial score (nSPS) is 46.5. The number of rotatable bonds is 3. The molecule has 0 unspecified atom stereocenters. The van der Waals surface area contributed by atoms with Gasteiger partial charge in [-0.05, 0) is 69.1 Å². The highest BCUT2D eigenvalue weighted by Crippen LogP contribution is 2.69. The summed E-state index contributed by atoms with van der Waals surface area (Å²) < 4.78 is 0. The van der Waals surface area contributed by atoms with Gasteiger partial charge in [0.2, 0.25) is 5.91 Å². The topological polar surface area (TPSA) is 49.3 Å². The van der Waals surface area contributed by atoms with Gasteiger partial charge in [-0.25, -0.2) is 0 Å². The Morgan fingerprint density at radius 3 is 2.15 bits per heavy atom. The van der Waals surface area contributed by atoms with Crippen LogP contribution in [0.1, 0.15) is 66.2 Å². The van der Waals surface area contributed by atoms with Crippen LogP contribution in [-0.2, 0) is 4.79 Å². The van der Waals surface area contributed by atoms with Crippen LogP contribution < -0.4 is 5.32 Å². The number of aliphatic hydroxyl groups is 1. The molecule has 4 saturated carbocycles. The summed E-state index contributed by atoms with van der Waals surface area (Å²) in [4.78, 5) is 12.9. The van der Waals surface area contributed by atoms with E-state index in [1.807, 2.05) is 13.8 Å². The molecule has 4 aliphatic rings. The first-order valence-electron chi connectivity index (χ1n) is 8.03. The molecule has 4 fully saturated rings. The zero-order chi connectivity index (χ0) is 14.8. The average molecular weight is 279 g/mol. The first-order valence-corrected chi connectivity index (χ1v) is 8.03. The predicted molar refractivity (Wildman–Crippen MR) is 79.1 cm³/mol. The predicted octanol–water partition coefficient (Wildman–Crippen LogP) is 2.87. The van der Waals surface area contributed by atoms with E-state index in [4.69, 9.17) is 0 Å². The fourth-order valence-corrected chi connectivity index (χ4v) is 6.18. The standard InChI is InChI=1S/C17H29NO2/c1-14(2,11-19)18-13(20)17-7-12-5-15(3,9-17)8-16(4,6-12)10-17/h12,19H,5-11H2,1-4H3,(H,18,20)/t12?,15-,16-,17?/m1/s1. The molecule has 2 atom stereocenters. The zero-order valence-corrected chi connectivity index (χ0v) is 13.4. The maximum Gasteiger partial charge on any atom is 0.226 e. The van der Waals surface area contributed by atoms with E-state index in [0.717, 1.165) is 25.2 Å². The SMILES string of the molecule is CC(C)(CO)NC(=O)C12CC3C[C@@](C)(C1)C[C@@](C)(C3)C2. The van der Waals surface area contributed by atoms with E-state index in [0.29, 0.717) is 10.8 Å². The van der Waals surface area contributed by atoms with Crippen molar-refractivity contribution < 1.29 is 9.90 Å². The van der Waals surface area contributed by atoms with Crippen molar-refractivity contribution >= 4 is 5.91 Å². The summed E-state index contributed by atoms with van der Waals surface area (Å²) in [6.45, 7) is 8.56. The number of amides is 1. The minimum atomic E-state index is -0.512. The first-order chi connectivity index (χ1) is 9.10. The summed E-state index contributed by atoms with van der Waals surface area (Å²) in [5.74, 6) is 0.919. The Hall–Kier alpha value is -0.570. The Morgan fingerprint density at radius 1 is 1.15 bits per heavy atom. The van der Waals surface area contributed by atoms with Crippen LogP contribution in [0.4, 0.5) is 0 Å². The second-order valence-corrected chi connectivity index (χ2v) is 9.41. The lowest BCUT2D eigenvalue weighted by atomic mass is 9.40. The molecule has 114 valence electrons. The molecule has 4 aliphatic carbocycles. The molecule has 3 heteroatoms. The Kier molecular flexibility index (Phi) is 2.87. The van der Waals surface area contributed by atoms with E-state index >= 15 is 0 Å². The summed E-state index contributed by atoms with van der Waals surface area (Å²) >= 11 is 0. The molecular formula is C17H29NO2. The van der Waals surface area contributed by atoms with Crippen LogP contribution in [0.2, 0.25) is 0 Å². The van der Waals surface area contributed by atoms with E-state index in [2.05, 4.69) is 19.2 Å². The molecule has 0 radical (unpaired) electrons. The fourth-order valence-electron chi connectivity index (χ4n) is 6.18. The van der Waals surface area contributed by atoms with Crippen molar-refractivity contribution in [3.8, 4) is 0 Å². The smallest absolute Gasteiger partial charge is 0.226 e. The Bertz CT molecular complexity index is 424. The molecule has 4 bridgehead atoms. The van der Waals surface area contributed by atoms with Gasteiger partial charge in [0.1, 0.15) is 0 Å². The van der Waals surface area contributed by atoms with Crippen LogP contribution in [0, 0.1) is 22.2 Å². The molecule has 0 aromatic rings. The highest BCUT2D eigenvalue weighted by atomic mass is 16.3. The first kappa shape index (κ1) is 14.4. The van der Waals surface area contributed by atoms with Gasteiger partial charge in [0, 0.05) is 0 Å². The summed E-state index contributed by atoms with van der Waals surface area (Å²) in [6.07, 6.45) is 7.04. The molecule has 0 aliphatic heterocycles. The molecule has 0 heterocycles. The van der Waals surface area contributed by atoms with Crippen LogP contribution in [0.25, 0.3) is 0 Å². The van der Waals surface area contributed by atoms with Gasteiger partial charge in [-0.3, -0.25) is 4.79 Å². The molecule has 3 nitrogen and oxygen atoms in total. The van der Waals surface area contributed by atoms with E-state index in [1.54, 1.807) is 0 Å². The van der Waals surface area contributed by atoms with Gasteiger partial charge in [-0.2, -0.15) is 0 Å². The highest BCUT2D eigenvalue weighted by Gasteiger charge is 2.62. The lowest BCUT2D eigenvalue weighted by Crippen LogP contribution is -2.62. The van der Waals surface area contributed by atoms with Crippen molar-refractivity contribution in [2.24, 2.45) is 22.2 Å². The van der Waals surface area contributed by atoms with Gasteiger partial charge in [0.25, 0.3) is 0 Å². The maximum absolute atomic E-state index is 12.9. The van der Waals surface area contributed by atoms with Gasteiger partial charge in [-0.15, -0.1) is 0 Å². The Morgan fingerprint density at radius 2 is 1.70 bits per heavy atom. The third-order valence-corrected chi connectivity index (χ3v) is 5.96. The summed E-state index contributed by atoms with van der Waals surface area (Å²) in [5, 5.41) is 12.5. The largest absolute Gasteiger partial charge is 0.394 e. The van der Waals surface area contributed by atoms with Gasteiger partial charge in [-0.1, -0.05) is 13.8 Å². The monoisotopic (exact) mass is 279 g/mol.